The van der Waals surface area contributed by atoms with Gasteiger partial charge in [-0.25, -0.2) is 0 Å². The molecule has 38 valence electrons. The lowest BCUT2D eigenvalue weighted by Crippen LogP contribution is -2.07. The molecule has 2 nitrogen and oxygen atoms in total. The molecule has 0 aliphatic rings. The first kappa shape index (κ1) is 5.92. The maximum absolute atomic E-state index is 6.67. The van der Waals surface area contributed by atoms with E-state index in [1.54, 1.807) is 0 Å². The highest BCUT2D eigenvalue weighted by molar-refractivity contribution is 4.50. The molecule has 2 N–H and O–H groups in total. The normalized spacial score (nSPS) is 9.00. The van der Waals surface area contributed by atoms with E-state index in [1.807, 2.05) is 7.05 Å². The Morgan fingerprint density at radius 3 is 2.50 bits per heavy atom. The molecule has 2 heteroatoms. The van der Waals surface area contributed by atoms with E-state index in [0.29, 0.717) is 6.54 Å². The van der Waals surface area contributed by atoms with E-state index in [0.717, 1.165) is 13.0 Å². The molecule has 0 heterocycles. The van der Waals surface area contributed by atoms with Gasteiger partial charge in [-0.2, -0.15) is 0 Å². The van der Waals surface area contributed by atoms with Gasteiger partial charge in [-0.3, -0.25) is 0 Å². The average molecular weight is 87.1 g/mol. The average Bonchev–Trinajstić information content (AvgIpc) is 1.61. The van der Waals surface area contributed by atoms with Crippen molar-refractivity contribution in [2.45, 2.75) is 6.42 Å². The van der Waals surface area contributed by atoms with Crippen molar-refractivity contribution in [2.24, 2.45) is 0 Å². The first-order valence-corrected chi connectivity index (χ1v) is 2.21. The maximum atomic E-state index is 6.67. The second-order valence-corrected chi connectivity index (χ2v) is 1.21. The molecule has 0 radical (unpaired) electrons. The maximum Gasteiger partial charge on any atom is -0.00684 e. The second-order valence-electron chi connectivity index (χ2n) is 1.21. The predicted molar refractivity (Wildman–Crippen MR) is 27.7 cm³/mol. The van der Waals surface area contributed by atoms with Crippen LogP contribution in [0.25, 0.3) is 5.73 Å². The number of hydrogen-bond donors (Lipinski definition) is 1. The fourth-order valence-corrected chi connectivity index (χ4v) is 0.265. The van der Waals surface area contributed by atoms with E-state index >= 15 is 0 Å². The molecular weight excluding hydrogens is 76.1 g/mol. The van der Waals surface area contributed by atoms with E-state index in [2.05, 4.69) is 5.32 Å². The van der Waals surface area contributed by atoms with Gasteiger partial charge in [-0.15, -0.1) is 6.54 Å². The van der Waals surface area contributed by atoms with Crippen LogP contribution >= 0.6 is 0 Å². The molecule has 0 aromatic rings. The summed E-state index contributed by atoms with van der Waals surface area (Å²) in [6, 6.07) is 0. The van der Waals surface area contributed by atoms with Crippen LogP contribution < -0.4 is 5.32 Å². The standard InChI is InChI=1S/C4H11N2/c1-6-4-2-3-5/h5-6H,2-4H2,1H3/q-1. The first-order chi connectivity index (χ1) is 2.91. The van der Waals surface area contributed by atoms with E-state index in [-0.39, 0.29) is 0 Å². The lowest BCUT2D eigenvalue weighted by atomic mass is 10.4. The minimum Gasteiger partial charge on any atom is -0.677 e. The Kier molecular flexibility index (Phi) is 4.85. The van der Waals surface area contributed by atoms with Crippen molar-refractivity contribution in [2.75, 3.05) is 20.1 Å². The molecule has 0 saturated carbocycles. The van der Waals surface area contributed by atoms with E-state index in [9.17, 15) is 0 Å². The van der Waals surface area contributed by atoms with Crippen LogP contribution in [0.15, 0.2) is 0 Å². The fourth-order valence-electron chi connectivity index (χ4n) is 0.265. The Morgan fingerprint density at radius 2 is 2.33 bits per heavy atom. The monoisotopic (exact) mass is 87.1 g/mol. The van der Waals surface area contributed by atoms with Gasteiger partial charge in [0.1, 0.15) is 0 Å². The summed E-state index contributed by atoms with van der Waals surface area (Å²) in [6.07, 6.45) is 0.969. The molecule has 0 bridgehead atoms. The molecule has 0 unspecified atom stereocenters. The highest BCUT2D eigenvalue weighted by atomic mass is 14.8. The summed E-state index contributed by atoms with van der Waals surface area (Å²) >= 11 is 0. The summed E-state index contributed by atoms with van der Waals surface area (Å²) in [6.45, 7) is 1.52. The van der Waals surface area contributed by atoms with Crippen LogP contribution in [-0.4, -0.2) is 20.1 Å². The summed E-state index contributed by atoms with van der Waals surface area (Å²) in [7, 11) is 1.90. The quantitative estimate of drug-likeness (QED) is 0.504. The molecule has 0 spiro atoms. The van der Waals surface area contributed by atoms with E-state index in [1.165, 1.54) is 0 Å². The molecule has 0 rings (SSSR count). The summed E-state index contributed by atoms with van der Waals surface area (Å²) in [5.41, 5.74) is 6.67. The third-order valence-corrected chi connectivity index (χ3v) is 0.604. The number of nitrogens with one attached hydrogen (secondary N) is 2. The van der Waals surface area contributed by atoms with Gasteiger partial charge < -0.3 is 11.1 Å². The largest absolute Gasteiger partial charge is 0.677 e. The molecule has 0 saturated heterocycles. The van der Waals surface area contributed by atoms with Gasteiger partial charge in [0.25, 0.3) is 0 Å². The minimum absolute atomic E-state index is 0.542. The van der Waals surface area contributed by atoms with Crippen molar-refractivity contribution in [1.29, 1.82) is 0 Å². The third-order valence-electron chi connectivity index (χ3n) is 0.604. The predicted octanol–water partition coefficient (Wildman–Crippen LogP) is 0.648. The van der Waals surface area contributed by atoms with Crippen LogP contribution in [0.2, 0.25) is 0 Å². The molecule has 0 atom stereocenters. The molecule has 6 heavy (non-hydrogen) atoms. The lowest BCUT2D eigenvalue weighted by Gasteiger charge is -1.96. The van der Waals surface area contributed by atoms with Crippen molar-refractivity contribution in [3.05, 3.63) is 5.73 Å². The summed E-state index contributed by atoms with van der Waals surface area (Å²) in [4.78, 5) is 0. The highest BCUT2D eigenvalue weighted by Gasteiger charge is 1.68. The van der Waals surface area contributed by atoms with Gasteiger partial charge in [0.2, 0.25) is 0 Å². The minimum atomic E-state index is 0.542. The molecule has 0 aliphatic carbocycles. The zero-order chi connectivity index (χ0) is 4.83. The SMILES string of the molecule is CNCCC[NH-]. The van der Waals surface area contributed by atoms with Crippen LogP contribution in [0.4, 0.5) is 0 Å². The van der Waals surface area contributed by atoms with Crippen LogP contribution in [0.1, 0.15) is 6.42 Å². The Balaban J connectivity index is 2.34. The molecule has 0 aliphatic heterocycles. The van der Waals surface area contributed by atoms with Gasteiger partial charge in [-0.05, 0) is 13.6 Å². The van der Waals surface area contributed by atoms with E-state index < -0.39 is 0 Å². The van der Waals surface area contributed by atoms with Crippen molar-refractivity contribution in [1.82, 2.24) is 5.32 Å². The summed E-state index contributed by atoms with van der Waals surface area (Å²) in [5.74, 6) is 0. The summed E-state index contributed by atoms with van der Waals surface area (Å²) in [5, 5.41) is 2.95. The molecule has 0 aromatic carbocycles. The Bertz CT molecular complexity index is 17.5. The van der Waals surface area contributed by atoms with Gasteiger partial charge in [0.15, 0.2) is 0 Å². The number of rotatable bonds is 3. The third kappa shape index (κ3) is 3.92. The van der Waals surface area contributed by atoms with Crippen molar-refractivity contribution < 1.29 is 0 Å². The molecule has 0 aromatic heterocycles. The highest BCUT2D eigenvalue weighted by Crippen LogP contribution is 1.71. The smallest absolute Gasteiger partial charge is 0.00684 e. The Labute approximate surface area is 38.7 Å². The summed E-state index contributed by atoms with van der Waals surface area (Å²) < 4.78 is 0. The molecule has 0 amide bonds. The van der Waals surface area contributed by atoms with Gasteiger partial charge in [0.05, 0.1) is 0 Å². The van der Waals surface area contributed by atoms with Gasteiger partial charge >= 0.3 is 0 Å². The zero-order valence-electron chi connectivity index (χ0n) is 4.12. The zero-order valence-corrected chi connectivity index (χ0v) is 4.12. The Morgan fingerprint density at radius 1 is 1.67 bits per heavy atom. The molecular formula is C4H11N2-. The first-order valence-electron chi connectivity index (χ1n) is 2.21. The van der Waals surface area contributed by atoms with Crippen LogP contribution in [-0.2, 0) is 0 Å². The van der Waals surface area contributed by atoms with Gasteiger partial charge in [0, 0.05) is 0 Å². The van der Waals surface area contributed by atoms with Gasteiger partial charge in [-0.1, -0.05) is 6.42 Å². The lowest BCUT2D eigenvalue weighted by molar-refractivity contribution is 0.762. The van der Waals surface area contributed by atoms with Crippen molar-refractivity contribution in [3.8, 4) is 0 Å². The van der Waals surface area contributed by atoms with Crippen molar-refractivity contribution >= 4 is 0 Å². The molecule has 0 fully saturated rings. The van der Waals surface area contributed by atoms with Crippen molar-refractivity contribution in [3.63, 3.8) is 0 Å². The van der Waals surface area contributed by atoms with E-state index in [4.69, 9.17) is 5.73 Å². The topological polar surface area (TPSA) is 35.8 Å². The fraction of sp³-hybridized carbons (Fsp3) is 1.00. The number of hydrogen-bond acceptors (Lipinski definition) is 1. The van der Waals surface area contributed by atoms with Crippen LogP contribution in [0.3, 0.4) is 0 Å². The Hall–Kier alpha value is -0.0800. The van der Waals surface area contributed by atoms with Crippen LogP contribution in [0.5, 0.6) is 0 Å². The van der Waals surface area contributed by atoms with Crippen LogP contribution in [0, 0.1) is 0 Å². The second kappa shape index (κ2) is 4.92.